The molecule has 3 aromatic rings. The highest BCUT2D eigenvalue weighted by molar-refractivity contribution is 7.88. The normalized spacial score (nSPS) is 11.5. The molecule has 0 radical (unpaired) electrons. The van der Waals surface area contributed by atoms with Gasteiger partial charge >= 0.3 is 18.2 Å². The number of pyridine rings is 1. The first-order chi connectivity index (χ1) is 18.3. The van der Waals surface area contributed by atoms with Crippen molar-refractivity contribution in [2.24, 2.45) is 0 Å². The van der Waals surface area contributed by atoms with Gasteiger partial charge in [-0.05, 0) is 42.0 Å². The molecule has 39 heavy (non-hydrogen) atoms. The summed E-state index contributed by atoms with van der Waals surface area (Å²) in [5.74, 6) is -0.634. The summed E-state index contributed by atoms with van der Waals surface area (Å²) in [6.45, 7) is -0.314. The first-order valence-corrected chi connectivity index (χ1v) is 13.0. The number of amides is 2. The van der Waals surface area contributed by atoms with Gasteiger partial charge < -0.3 is 25.2 Å². The Balaban J connectivity index is 1.60. The number of nitrogens with zero attached hydrogens (tertiary/aromatic N) is 1. The summed E-state index contributed by atoms with van der Waals surface area (Å²) in [6.07, 6.45) is -2.43. The molecule has 4 N–H and O–H groups in total. The van der Waals surface area contributed by atoms with Crippen LogP contribution in [0.15, 0.2) is 60.8 Å². The van der Waals surface area contributed by atoms with Crippen LogP contribution in [0.4, 0.5) is 23.7 Å². The van der Waals surface area contributed by atoms with Crippen LogP contribution in [-0.2, 0) is 22.7 Å². The molecule has 1 heterocycles. The van der Waals surface area contributed by atoms with Crippen molar-refractivity contribution >= 4 is 27.7 Å². The number of anilines is 1. The van der Waals surface area contributed by atoms with Crippen molar-refractivity contribution in [3.05, 3.63) is 77.6 Å². The smallest absolute Gasteiger partial charge is 0.416 e. The Morgan fingerprint density at radius 1 is 1.03 bits per heavy atom. The third-order valence-corrected chi connectivity index (χ3v) is 5.57. The average molecular weight is 569 g/mol. The molecule has 0 spiro atoms. The fourth-order valence-electron chi connectivity index (χ4n) is 3.07. The number of nitrogens with one attached hydrogen (secondary N) is 3. The van der Waals surface area contributed by atoms with E-state index in [2.05, 4.69) is 20.3 Å². The highest BCUT2D eigenvalue weighted by Gasteiger charge is 2.31. The SMILES string of the molecule is CS(=O)(=O)NCCOc1ccc(C(F)(F)F)cc1NC(=O)NCc1ccc(Oc2ccnc(C(=O)O)c2)cc1. The molecule has 15 heteroatoms. The Morgan fingerprint density at radius 2 is 1.74 bits per heavy atom. The number of hydrogen-bond donors (Lipinski definition) is 4. The second kappa shape index (κ2) is 12.4. The Kier molecular flexibility index (Phi) is 9.32. The van der Waals surface area contributed by atoms with Gasteiger partial charge in [0, 0.05) is 25.4 Å². The summed E-state index contributed by atoms with van der Waals surface area (Å²) in [5.41, 5.74) is -0.826. The van der Waals surface area contributed by atoms with Crippen LogP contribution < -0.4 is 24.8 Å². The lowest BCUT2D eigenvalue weighted by Gasteiger charge is -2.16. The molecule has 0 saturated carbocycles. The number of aromatic carboxylic acids is 1. The highest BCUT2D eigenvalue weighted by atomic mass is 32.2. The van der Waals surface area contributed by atoms with E-state index in [4.69, 9.17) is 14.6 Å². The fourth-order valence-corrected chi connectivity index (χ4v) is 3.52. The maximum absolute atomic E-state index is 13.2. The van der Waals surface area contributed by atoms with Crippen molar-refractivity contribution in [1.82, 2.24) is 15.0 Å². The number of rotatable bonds is 11. The first-order valence-electron chi connectivity index (χ1n) is 11.1. The van der Waals surface area contributed by atoms with E-state index in [0.29, 0.717) is 17.4 Å². The quantitative estimate of drug-likeness (QED) is 0.254. The van der Waals surface area contributed by atoms with E-state index in [1.807, 2.05) is 0 Å². The molecule has 2 aromatic carbocycles. The molecular weight excluding hydrogens is 545 g/mol. The highest BCUT2D eigenvalue weighted by Crippen LogP contribution is 2.35. The molecule has 0 saturated heterocycles. The van der Waals surface area contributed by atoms with Crippen LogP contribution in [-0.4, -0.2) is 49.9 Å². The van der Waals surface area contributed by atoms with Crippen LogP contribution in [0.25, 0.3) is 0 Å². The molecule has 0 unspecified atom stereocenters. The van der Waals surface area contributed by atoms with Crippen LogP contribution in [0.3, 0.4) is 0 Å². The van der Waals surface area contributed by atoms with Crippen molar-refractivity contribution < 1.29 is 45.8 Å². The number of alkyl halides is 3. The molecular formula is C24H23F3N4O7S. The minimum atomic E-state index is -4.67. The van der Waals surface area contributed by atoms with Crippen LogP contribution in [0.5, 0.6) is 17.2 Å². The van der Waals surface area contributed by atoms with Gasteiger partial charge in [-0.1, -0.05) is 12.1 Å². The van der Waals surface area contributed by atoms with Gasteiger partial charge in [0.05, 0.1) is 17.5 Å². The summed E-state index contributed by atoms with van der Waals surface area (Å²) in [5, 5.41) is 13.8. The first kappa shape index (κ1) is 29.2. The number of urea groups is 1. The summed E-state index contributed by atoms with van der Waals surface area (Å²) in [4.78, 5) is 27.2. The number of carbonyl (C=O) groups is 2. The Labute approximate surface area is 221 Å². The van der Waals surface area contributed by atoms with Gasteiger partial charge in [-0.25, -0.2) is 27.7 Å². The molecule has 1 aromatic heterocycles. The van der Waals surface area contributed by atoms with Gasteiger partial charge in [0.15, 0.2) is 5.69 Å². The predicted octanol–water partition coefficient (Wildman–Crippen LogP) is 3.84. The summed E-state index contributed by atoms with van der Waals surface area (Å²) < 4.78 is 75.0. The van der Waals surface area contributed by atoms with Crippen LogP contribution in [0.1, 0.15) is 21.6 Å². The monoisotopic (exact) mass is 568 g/mol. The second-order valence-corrected chi connectivity index (χ2v) is 9.79. The van der Waals surface area contributed by atoms with Crippen LogP contribution >= 0.6 is 0 Å². The van der Waals surface area contributed by atoms with Gasteiger partial charge in [0.2, 0.25) is 10.0 Å². The Bertz CT molecular complexity index is 1430. The van der Waals surface area contributed by atoms with E-state index < -0.39 is 33.8 Å². The number of carbonyl (C=O) groups excluding carboxylic acids is 1. The number of ether oxygens (including phenoxy) is 2. The molecule has 0 atom stereocenters. The number of sulfonamides is 1. The zero-order valence-electron chi connectivity index (χ0n) is 20.3. The Morgan fingerprint density at radius 3 is 2.38 bits per heavy atom. The summed E-state index contributed by atoms with van der Waals surface area (Å²) in [7, 11) is -3.48. The van der Waals surface area contributed by atoms with Gasteiger partial charge in [-0.2, -0.15) is 13.2 Å². The largest absolute Gasteiger partial charge is 0.490 e. The maximum Gasteiger partial charge on any atom is 0.416 e. The summed E-state index contributed by atoms with van der Waals surface area (Å²) in [6, 6.07) is 10.9. The molecule has 0 fully saturated rings. The third kappa shape index (κ3) is 9.46. The second-order valence-electron chi connectivity index (χ2n) is 7.96. The standard InChI is InChI=1S/C24H23F3N4O7S/c1-39(35,36)30-10-11-37-21-7-4-16(24(25,26)27)12-19(21)31-23(34)29-14-15-2-5-17(6-3-15)38-18-8-9-28-20(13-18)22(32)33/h2-9,12-13,30H,10-11,14H2,1H3,(H,32,33)(H2,29,31,34). The molecule has 2 amide bonds. The minimum absolute atomic E-state index is 0.0119. The number of aromatic nitrogens is 1. The lowest BCUT2D eigenvalue weighted by atomic mass is 10.1. The van der Waals surface area contributed by atoms with E-state index in [1.54, 1.807) is 24.3 Å². The number of benzene rings is 2. The van der Waals surface area contributed by atoms with Crippen LogP contribution in [0, 0.1) is 0 Å². The number of carboxylic acids is 1. The lowest BCUT2D eigenvalue weighted by Crippen LogP contribution is -2.29. The van der Waals surface area contributed by atoms with Gasteiger partial charge in [0.1, 0.15) is 23.9 Å². The van der Waals surface area contributed by atoms with E-state index in [0.717, 1.165) is 18.4 Å². The summed E-state index contributed by atoms with van der Waals surface area (Å²) >= 11 is 0. The molecule has 0 bridgehead atoms. The number of hydrogen-bond acceptors (Lipinski definition) is 7. The average Bonchev–Trinajstić information content (AvgIpc) is 2.86. The van der Waals surface area contributed by atoms with E-state index in [-0.39, 0.29) is 42.6 Å². The van der Waals surface area contributed by atoms with Crippen molar-refractivity contribution in [2.75, 3.05) is 24.7 Å². The van der Waals surface area contributed by atoms with E-state index in [1.165, 1.54) is 18.3 Å². The molecule has 3 rings (SSSR count). The molecule has 0 aliphatic heterocycles. The number of carboxylic acid groups (broad SMARTS) is 1. The van der Waals surface area contributed by atoms with Gasteiger partial charge in [-0.3, -0.25) is 0 Å². The third-order valence-electron chi connectivity index (χ3n) is 4.84. The minimum Gasteiger partial charge on any atom is -0.490 e. The molecule has 11 nitrogen and oxygen atoms in total. The lowest BCUT2D eigenvalue weighted by molar-refractivity contribution is -0.137. The Hall–Kier alpha value is -4.37. The molecule has 208 valence electrons. The van der Waals surface area contributed by atoms with E-state index >= 15 is 0 Å². The molecule has 0 aliphatic carbocycles. The van der Waals surface area contributed by atoms with Gasteiger partial charge in [-0.15, -0.1) is 0 Å². The zero-order chi connectivity index (χ0) is 28.6. The molecule has 0 aliphatic rings. The van der Waals surface area contributed by atoms with Crippen molar-refractivity contribution in [3.8, 4) is 17.2 Å². The number of halogens is 3. The van der Waals surface area contributed by atoms with Crippen LogP contribution in [0.2, 0.25) is 0 Å². The van der Waals surface area contributed by atoms with Crippen molar-refractivity contribution in [2.45, 2.75) is 12.7 Å². The van der Waals surface area contributed by atoms with Gasteiger partial charge in [0.25, 0.3) is 0 Å². The van der Waals surface area contributed by atoms with E-state index in [9.17, 15) is 31.2 Å². The fraction of sp³-hybridized carbons (Fsp3) is 0.208. The predicted molar refractivity (Wildman–Crippen MR) is 133 cm³/mol. The maximum atomic E-state index is 13.2. The topological polar surface area (TPSA) is 156 Å². The van der Waals surface area contributed by atoms with Crippen molar-refractivity contribution in [1.29, 1.82) is 0 Å². The zero-order valence-corrected chi connectivity index (χ0v) is 21.1. The van der Waals surface area contributed by atoms with Crippen molar-refractivity contribution in [3.63, 3.8) is 0 Å².